The molecule has 21 heavy (non-hydrogen) atoms. The molecule has 1 aromatic carbocycles. The number of benzene rings is 1. The summed E-state index contributed by atoms with van der Waals surface area (Å²) in [5.74, 6) is 0. The summed E-state index contributed by atoms with van der Waals surface area (Å²) in [7, 11) is -0.348. The van der Waals surface area contributed by atoms with Crippen LogP contribution < -0.4 is 5.46 Å². The van der Waals surface area contributed by atoms with Crippen LogP contribution in [0.4, 0.5) is 0 Å². The highest BCUT2D eigenvalue weighted by molar-refractivity contribution is 6.63. The monoisotopic (exact) mass is 281 g/mol. The van der Waals surface area contributed by atoms with E-state index in [0.717, 1.165) is 16.6 Å². The third-order valence-electron chi connectivity index (χ3n) is 4.46. The fourth-order valence-corrected chi connectivity index (χ4v) is 2.47. The molecule has 2 aromatic rings. The molecule has 0 saturated carbocycles. The second-order valence-corrected chi connectivity index (χ2v) is 6.41. The van der Waals surface area contributed by atoms with Gasteiger partial charge in [0.05, 0.1) is 11.2 Å². The minimum atomic E-state index is -0.348. The quantitative estimate of drug-likeness (QED) is 0.793. The molecular weight excluding hydrogens is 261 g/mol. The number of rotatable bonds is 2. The Morgan fingerprint density at radius 2 is 1.43 bits per heavy atom. The zero-order chi connectivity index (χ0) is 15.1. The molecule has 1 saturated heterocycles. The van der Waals surface area contributed by atoms with Gasteiger partial charge in [0.1, 0.15) is 0 Å². The Morgan fingerprint density at radius 3 is 2.05 bits per heavy atom. The van der Waals surface area contributed by atoms with Gasteiger partial charge in [0, 0.05) is 12.4 Å². The van der Waals surface area contributed by atoms with Gasteiger partial charge < -0.3 is 9.31 Å². The molecule has 0 bridgehead atoms. The van der Waals surface area contributed by atoms with Crippen molar-refractivity contribution in [1.82, 2.24) is 4.98 Å². The third-order valence-corrected chi connectivity index (χ3v) is 4.46. The predicted octanol–water partition coefficient (Wildman–Crippen LogP) is 3.05. The molecule has 0 amide bonds. The zero-order valence-corrected chi connectivity index (χ0v) is 13.0. The van der Waals surface area contributed by atoms with Crippen molar-refractivity contribution in [3.8, 4) is 11.1 Å². The van der Waals surface area contributed by atoms with E-state index in [2.05, 4.69) is 44.8 Å². The Labute approximate surface area is 126 Å². The van der Waals surface area contributed by atoms with E-state index in [-0.39, 0.29) is 18.3 Å². The molecule has 0 aliphatic carbocycles. The van der Waals surface area contributed by atoms with Crippen molar-refractivity contribution in [1.29, 1.82) is 0 Å². The van der Waals surface area contributed by atoms with Crippen LogP contribution in [0.2, 0.25) is 0 Å². The van der Waals surface area contributed by atoms with Crippen LogP contribution in [0.25, 0.3) is 11.1 Å². The van der Waals surface area contributed by atoms with E-state index >= 15 is 0 Å². The average molecular weight is 281 g/mol. The molecule has 1 fully saturated rings. The fourth-order valence-electron chi connectivity index (χ4n) is 2.47. The minimum absolute atomic E-state index is 0.330. The Bertz CT molecular complexity index is 624. The van der Waals surface area contributed by atoms with Crippen molar-refractivity contribution in [2.45, 2.75) is 38.9 Å². The van der Waals surface area contributed by atoms with Gasteiger partial charge in [0.25, 0.3) is 0 Å². The van der Waals surface area contributed by atoms with Crippen LogP contribution in [0.5, 0.6) is 0 Å². The number of hydrogen-bond donors (Lipinski definition) is 0. The zero-order valence-electron chi connectivity index (χ0n) is 13.0. The number of hydrogen-bond acceptors (Lipinski definition) is 3. The Kier molecular flexibility index (Phi) is 3.38. The molecule has 1 aliphatic heterocycles. The second-order valence-electron chi connectivity index (χ2n) is 6.41. The third kappa shape index (κ3) is 2.50. The molecule has 0 spiro atoms. The van der Waals surface area contributed by atoms with E-state index in [0.29, 0.717) is 0 Å². The topological polar surface area (TPSA) is 31.4 Å². The summed E-state index contributed by atoms with van der Waals surface area (Å²) in [5, 5.41) is 0. The SMILES string of the molecule is CC1(C)OB(c2ccccc2-c2ccncc2)OC1(C)C. The number of aromatic nitrogens is 1. The first-order valence-corrected chi connectivity index (χ1v) is 7.26. The minimum Gasteiger partial charge on any atom is -0.399 e. The molecule has 1 aliphatic rings. The van der Waals surface area contributed by atoms with Crippen LogP contribution in [0.3, 0.4) is 0 Å². The highest BCUT2D eigenvalue weighted by Crippen LogP contribution is 2.37. The summed E-state index contributed by atoms with van der Waals surface area (Å²) in [4.78, 5) is 4.08. The van der Waals surface area contributed by atoms with E-state index < -0.39 is 0 Å². The summed E-state index contributed by atoms with van der Waals surface area (Å²) >= 11 is 0. The van der Waals surface area contributed by atoms with Crippen LogP contribution in [-0.2, 0) is 9.31 Å². The maximum atomic E-state index is 6.17. The smallest absolute Gasteiger partial charge is 0.399 e. The second kappa shape index (κ2) is 4.97. The van der Waals surface area contributed by atoms with Crippen LogP contribution in [-0.4, -0.2) is 23.3 Å². The summed E-state index contributed by atoms with van der Waals surface area (Å²) in [6.07, 6.45) is 3.60. The summed E-state index contributed by atoms with van der Waals surface area (Å²) in [6, 6.07) is 12.2. The van der Waals surface area contributed by atoms with Gasteiger partial charge in [-0.25, -0.2) is 0 Å². The van der Waals surface area contributed by atoms with Gasteiger partial charge in [-0.3, -0.25) is 4.98 Å². The maximum absolute atomic E-state index is 6.17. The summed E-state index contributed by atoms with van der Waals surface area (Å²) in [6.45, 7) is 8.29. The highest BCUT2D eigenvalue weighted by atomic mass is 16.7. The standard InChI is InChI=1S/C17H20BNO2/c1-16(2)17(3,4)21-18(20-16)15-8-6-5-7-14(15)13-9-11-19-12-10-13/h5-12H,1-4H3. The summed E-state index contributed by atoms with van der Waals surface area (Å²) < 4.78 is 12.3. The molecule has 3 rings (SSSR count). The highest BCUT2D eigenvalue weighted by Gasteiger charge is 2.52. The fraction of sp³-hybridized carbons (Fsp3) is 0.353. The van der Waals surface area contributed by atoms with E-state index in [4.69, 9.17) is 9.31 Å². The molecule has 108 valence electrons. The van der Waals surface area contributed by atoms with E-state index in [1.54, 1.807) is 12.4 Å². The van der Waals surface area contributed by atoms with Crippen molar-refractivity contribution < 1.29 is 9.31 Å². The van der Waals surface area contributed by atoms with Crippen molar-refractivity contribution in [3.05, 3.63) is 48.8 Å². The molecule has 0 atom stereocenters. The lowest BCUT2D eigenvalue weighted by atomic mass is 9.74. The first-order valence-electron chi connectivity index (χ1n) is 7.26. The van der Waals surface area contributed by atoms with Gasteiger partial charge in [-0.05, 0) is 56.4 Å². The van der Waals surface area contributed by atoms with Gasteiger partial charge in [0.15, 0.2) is 0 Å². The van der Waals surface area contributed by atoms with Crippen molar-refractivity contribution in [3.63, 3.8) is 0 Å². The maximum Gasteiger partial charge on any atom is 0.495 e. The van der Waals surface area contributed by atoms with Crippen LogP contribution in [0.15, 0.2) is 48.8 Å². The first kappa shape index (κ1) is 14.3. The van der Waals surface area contributed by atoms with Gasteiger partial charge in [-0.2, -0.15) is 0 Å². The number of pyridine rings is 1. The molecule has 3 nitrogen and oxygen atoms in total. The Balaban J connectivity index is 2.02. The molecule has 2 heterocycles. The van der Waals surface area contributed by atoms with Crippen molar-refractivity contribution in [2.75, 3.05) is 0 Å². The van der Waals surface area contributed by atoms with Crippen LogP contribution in [0.1, 0.15) is 27.7 Å². The largest absolute Gasteiger partial charge is 0.495 e. The lowest BCUT2D eigenvalue weighted by molar-refractivity contribution is 0.00578. The first-order chi connectivity index (χ1) is 9.91. The van der Waals surface area contributed by atoms with Gasteiger partial charge in [-0.1, -0.05) is 24.3 Å². The number of nitrogens with zero attached hydrogens (tertiary/aromatic N) is 1. The molecule has 0 N–H and O–H groups in total. The molecule has 4 heteroatoms. The average Bonchev–Trinajstić information content (AvgIpc) is 2.68. The normalized spacial score (nSPS) is 19.7. The van der Waals surface area contributed by atoms with Crippen molar-refractivity contribution >= 4 is 12.6 Å². The van der Waals surface area contributed by atoms with E-state index in [1.807, 2.05) is 24.3 Å². The predicted molar refractivity (Wildman–Crippen MR) is 85.4 cm³/mol. The van der Waals surface area contributed by atoms with Gasteiger partial charge in [-0.15, -0.1) is 0 Å². The Hall–Kier alpha value is -1.65. The Morgan fingerprint density at radius 1 is 0.857 bits per heavy atom. The van der Waals surface area contributed by atoms with Crippen molar-refractivity contribution in [2.24, 2.45) is 0 Å². The molecule has 0 unspecified atom stereocenters. The van der Waals surface area contributed by atoms with Crippen LogP contribution >= 0.6 is 0 Å². The lowest BCUT2D eigenvalue weighted by Gasteiger charge is -2.32. The summed E-state index contributed by atoms with van der Waals surface area (Å²) in [5.41, 5.74) is 2.64. The lowest BCUT2D eigenvalue weighted by Crippen LogP contribution is -2.41. The molecule has 1 aromatic heterocycles. The molecular formula is C17H20BNO2. The van der Waals surface area contributed by atoms with E-state index in [1.165, 1.54) is 0 Å². The van der Waals surface area contributed by atoms with Gasteiger partial charge in [0.2, 0.25) is 0 Å². The van der Waals surface area contributed by atoms with E-state index in [9.17, 15) is 0 Å². The molecule has 0 radical (unpaired) electrons. The van der Waals surface area contributed by atoms with Crippen LogP contribution in [0, 0.1) is 0 Å². The van der Waals surface area contributed by atoms with Gasteiger partial charge >= 0.3 is 7.12 Å².